The standard InChI is InChI=1S/C20H25N3O/c1-6-13-23-17-10-8-7-9-16(17)20(3,4)18(23)12-11-15-14(2)21-22(5)19(15)24/h7-12H,6,13H2,1-5H3/b15-11+,18-12+. The van der Waals surface area contributed by atoms with E-state index in [9.17, 15) is 4.79 Å². The van der Waals surface area contributed by atoms with Crippen LogP contribution in [0.3, 0.4) is 0 Å². The Morgan fingerprint density at radius 3 is 2.54 bits per heavy atom. The zero-order chi connectivity index (χ0) is 17.5. The SMILES string of the molecule is CCCN1/C(=C/C=C2/C(=O)N(C)N=C2C)C(C)(C)c2ccccc21. The molecule has 1 aromatic carbocycles. The van der Waals surface area contributed by atoms with Gasteiger partial charge < -0.3 is 4.90 Å². The summed E-state index contributed by atoms with van der Waals surface area (Å²) < 4.78 is 0. The molecule has 0 aromatic heterocycles. The Labute approximate surface area is 144 Å². The Hall–Kier alpha value is -2.36. The van der Waals surface area contributed by atoms with Crippen LogP contribution in [0.2, 0.25) is 0 Å². The van der Waals surface area contributed by atoms with Gasteiger partial charge in [0.25, 0.3) is 5.91 Å². The largest absolute Gasteiger partial charge is 0.344 e. The lowest BCUT2D eigenvalue weighted by molar-refractivity contribution is -0.124. The highest BCUT2D eigenvalue weighted by atomic mass is 16.2. The summed E-state index contributed by atoms with van der Waals surface area (Å²) in [5, 5.41) is 5.62. The Balaban J connectivity index is 2.06. The summed E-state index contributed by atoms with van der Waals surface area (Å²) in [4.78, 5) is 14.6. The fraction of sp³-hybridized carbons (Fsp3) is 0.400. The van der Waals surface area contributed by atoms with Crippen molar-refractivity contribution in [3.05, 3.63) is 53.3 Å². The number of likely N-dealkylation sites (N-methyl/N-ethyl adjacent to an activating group) is 1. The average molecular weight is 323 g/mol. The lowest BCUT2D eigenvalue weighted by atomic mass is 9.83. The van der Waals surface area contributed by atoms with Crippen LogP contribution in [-0.2, 0) is 10.2 Å². The summed E-state index contributed by atoms with van der Waals surface area (Å²) in [6.07, 6.45) is 5.10. The third-order valence-corrected chi connectivity index (χ3v) is 4.87. The maximum atomic E-state index is 12.2. The molecule has 0 aliphatic carbocycles. The van der Waals surface area contributed by atoms with Gasteiger partial charge in [-0.3, -0.25) is 4.79 Å². The second-order valence-corrected chi connectivity index (χ2v) is 6.94. The lowest BCUT2D eigenvalue weighted by Crippen LogP contribution is -2.26. The van der Waals surface area contributed by atoms with Crippen LogP contribution < -0.4 is 4.90 Å². The molecule has 4 heteroatoms. The highest BCUT2D eigenvalue weighted by Gasteiger charge is 2.39. The van der Waals surface area contributed by atoms with E-state index in [0.29, 0.717) is 5.57 Å². The number of carbonyl (C=O) groups excluding carboxylic acids is 1. The first-order chi connectivity index (χ1) is 11.4. The van der Waals surface area contributed by atoms with E-state index in [-0.39, 0.29) is 11.3 Å². The van der Waals surface area contributed by atoms with Gasteiger partial charge in [0.05, 0.1) is 11.3 Å². The van der Waals surface area contributed by atoms with Crippen molar-refractivity contribution >= 4 is 17.3 Å². The molecule has 0 saturated carbocycles. The molecule has 2 aliphatic rings. The lowest BCUT2D eigenvalue weighted by Gasteiger charge is -2.26. The molecule has 0 bridgehead atoms. The molecule has 126 valence electrons. The molecule has 4 nitrogen and oxygen atoms in total. The number of benzene rings is 1. The number of para-hydroxylation sites is 1. The Kier molecular flexibility index (Phi) is 4.08. The normalized spacial score (nSPS) is 22.5. The van der Waals surface area contributed by atoms with Crippen LogP contribution in [-0.4, -0.2) is 30.2 Å². The van der Waals surface area contributed by atoms with Crippen molar-refractivity contribution in [3.8, 4) is 0 Å². The minimum atomic E-state index is -0.0819. The molecule has 0 radical (unpaired) electrons. The molecule has 2 aliphatic heterocycles. The highest BCUT2D eigenvalue weighted by Crippen LogP contribution is 2.47. The van der Waals surface area contributed by atoms with Gasteiger partial charge >= 0.3 is 0 Å². The van der Waals surface area contributed by atoms with Gasteiger partial charge in [-0.25, -0.2) is 5.01 Å². The number of anilines is 1. The maximum absolute atomic E-state index is 12.2. The number of allylic oxidation sites excluding steroid dienone is 3. The van der Waals surface area contributed by atoms with E-state index in [1.165, 1.54) is 22.0 Å². The van der Waals surface area contributed by atoms with Crippen molar-refractivity contribution < 1.29 is 4.79 Å². The van der Waals surface area contributed by atoms with Gasteiger partial charge in [0.2, 0.25) is 0 Å². The molecule has 0 saturated heterocycles. The number of hydrogen-bond donors (Lipinski definition) is 0. The number of nitrogens with zero attached hydrogens (tertiary/aromatic N) is 3. The van der Waals surface area contributed by atoms with E-state index in [1.807, 2.05) is 13.0 Å². The van der Waals surface area contributed by atoms with Crippen molar-refractivity contribution in [2.75, 3.05) is 18.5 Å². The summed E-state index contributed by atoms with van der Waals surface area (Å²) in [6, 6.07) is 8.57. The van der Waals surface area contributed by atoms with E-state index in [2.05, 4.69) is 61.1 Å². The van der Waals surface area contributed by atoms with Gasteiger partial charge in [-0.05, 0) is 37.1 Å². The number of hydrogen-bond acceptors (Lipinski definition) is 3. The predicted molar refractivity (Wildman–Crippen MR) is 99.2 cm³/mol. The second kappa shape index (κ2) is 5.93. The molecule has 1 amide bonds. The van der Waals surface area contributed by atoms with E-state index < -0.39 is 0 Å². The zero-order valence-electron chi connectivity index (χ0n) is 15.1. The van der Waals surface area contributed by atoms with Crippen LogP contribution in [0.5, 0.6) is 0 Å². The van der Waals surface area contributed by atoms with Gasteiger partial charge in [-0.2, -0.15) is 5.10 Å². The predicted octanol–water partition coefficient (Wildman–Crippen LogP) is 3.85. The molecule has 1 aromatic rings. The molecule has 0 spiro atoms. The molecular formula is C20H25N3O. The maximum Gasteiger partial charge on any atom is 0.275 e. The number of rotatable bonds is 3. The number of fused-ring (bicyclic) bond motifs is 1. The summed E-state index contributed by atoms with van der Waals surface area (Å²) in [5.41, 5.74) is 5.20. The van der Waals surface area contributed by atoms with Gasteiger partial charge in [0, 0.05) is 30.4 Å². The van der Waals surface area contributed by atoms with Crippen LogP contribution in [0.25, 0.3) is 0 Å². The average Bonchev–Trinajstić information content (AvgIpc) is 2.91. The smallest absolute Gasteiger partial charge is 0.275 e. The summed E-state index contributed by atoms with van der Waals surface area (Å²) >= 11 is 0. The minimum Gasteiger partial charge on any atom is -0.344 e. The third-order valence-electron chi connectivity index (χ3n) is 4.87. The number of amides is 1. The number of hydrazone groups is 1. The first kappa shape index (κ1) is 16.5. The molecule has 0 unspecified atom stereocenters. The number of carbonyl (C=O) groups is 1. The molecule has 0 fully saturated rings. The highest BCUT2D eigenvalue weighted by molar-refractivity contribution is 6.23. The van der Waals surface area contributed by atoms with Crippen LogP contribution >= 0.6 is 0 Å². The van der Waals surface area contributed by atoms with Crippen LogP contribution in [0, 0.1) is 0 Å². The fourth-order valence-corrected chi connectivity index (χ4v) is 3.61. The van der Waals surface area contributed by atoms with E-state index in [0.717, 1.165) is 18.7 Å². The molecule has 0 N–H and O–H groups in total. The Morgan fingerprint density at radius 2 is 1.92 bits per heavy atom. The van der Waals surface area contributed by atoms with Crippen molar-refractivity contribution in [2.45, 2.75) is 39.5 Å². The van der Waals surface area contributed by atoms with E-state index >= 15 is 0 Å². The second-order valence-electron chi connectivity index (χ2n) is 6.94. The zero-order valence-corrected chi connectivity index (χ0v) is 15.1. The van der Waals surface area contributed by atoms with Crippen LogP contribution in [0.4, 0.5) is 5.69 Å². The summed E-state index contributed by atoms with van der Waals surface area (Å²) in [5.74, 6) is -0.0419. The summed E-state index contributed by atoms with van der Waals surface area (Å²) in [6.45, 7) is 9.53. The fourth-order valence-electron chi connectivity index (χ4n) is 3.61. The quantitative estimate of drug-likeness (QED) is 0.792. The van der Waals surface area contributed by atoms with Gasteiger partial charge in [0.15, 0.2) is 0 Å². The molecule has 0 atom stereocenters. The summed E-state index contributed by atoms with van der Waals surface area (Å²) in [7, 11) is 1.69. The van der Waals surface area contributed by atoms with Crippen molar-refractivity contribution in [1.82, 2.24) is 5.01 Å². The molecule has 2 heterocycles. The minimum absolute atomic E-state index is 0.0419. The molecule has 24 heavy (non-hydrogen) atoms. The van der Waals surface area contributed by atoms with Crippen molar-refractivity contribution in [1.29, 1.82) is 0 Å². The van der Waals surface area contributed by atoms with Crippen molar-refractivity contribution in [2.24, 2.45) is 5.10 Å². The van der Waals surface area contributed by atoms with Crippen LogP contribution in [0.1, 0.15) is 39.7 Å². The molecule has 3 rings (SSSR count). The monoisotopic (exact) mass is 323 g/mol. The van der Waals surface area contributed by atoms with Gasteiger partial charge in [-0.1, -0.05) is 39.0 Å². The van der Waals surface area contributed by atoms with E-state index in [1.54, 1.807) is 7.05 Å². The first-order valence-electron chi connectivity index (χ1n) is 8.51. The van der Waals surface area contributed by atoms with Gasteiger partial charge in [-0.15, -0.1) is 0 Å². The Bertz CT molecular complexity index is 771. The van der Waals surface area contributed by atoms with Crippen molar-refractivity contribution in [3.63, 3.8) is 0 Å². The first-order valence-corrected chi connectivity index (χ1v) is 8.51. The Morgan fingerprint density at radius 1 is 1.21 bits per heavy atom. The van der Waals surface area contributed by atoms with Gasteiger partial charge in [0.1, 0.15) is 0 Å². The molecular weight excluding hydrogens is 298 g/mol. The third kappa shape index (κ3) is 2.46. The topological polar surface area (TPSA) is 35.9 Å². The van der Waals surface area contributed by atoms with E-state index in [4.69, 9.17) is 0 Å². The van der Waals surface area contributed by atoms with Crippen LogP contribution in [0.15, 0.2) is 52.8 Å².